The Morgan fingerprint density at radius 1 is 1.42 bits per heavy atom. The average molecular weight is 172 g/mol. The number of Topliss-reactive ketones (excluding diaryl/α,β-unsaturated/α-hetero) is 1. The lowest BCUT2D eigenvalue weighted by molar-refractivity contribution is -0.127. The topological polar surface area (TPSA) is 17.1 Å². The maximum absolute atomic E-state index is 13.0. The largest absolute Gasteiger partial charge is 0.296 e. The molecule has 0 saturated heterocycles. The fourth-order valence-electron chi connectivity index (χ4n) is 1.76. The highest BCUT2D eigenvalue weighted by Crippen LogP contribution is 2.37. The minimum atomic E-state index is -1.19. The SMILES string of the molecule is CC(C)(C)C1CCC(=O)[C@@H](F)C1. The zero-order valence-electron chi connectivity index (χ0n) is 8.06. The summed E-state index contributed by atoms with van der Waals surface area (Å²) in [5, 5.41) is 0. The van der Waals surface area contributed by atoms with Crippen molar-refractivity contribution < 1.29 is 9.18 Å². The molecule has 0 radical (unpaired) electrons. The van der Waals surface area contributed by atoms with Gasteiger partial charge in [0, 0.05) is 6.42 Å². The highest BCUT2D eigenvalue weighted by atomic mass is 19.1. The molecule has 12 heavy (non-hydrogen) atoms. The van der Waals surface area contributed by atoms with Gasteiger partial charge in [-0.25, -0.2) is 4.39 Å². The molecule has 0 bridgehead atoms. The molecule has 1 unspecified atom stereocenters. The van der Waals surface area contributed by atoms with Gasteiger partial charge in [0.25, 0.3) is 0 Å². The molecule has 0 spiro atoms. The highest BCUT2D eigenvalue weighted by Gasteiger charge is 2.34. The molecule has 1 rings (SSSR count). The van der Waals surface area contributed by atoms with E-state index in [1.54, 1.807) is 0 Å². The van der Waals surface area contributed by atoms with Crippen molar-refractivity contribution >= 4 is 5.78 Å². The van der Waals surface area contributed by atoms with Gasteiger partial charge in [0.15, 0.2) is 12.0 Å². The number of ketones is 1. The molecule has 0 aromatic rings. The molecule has 0 amide bonds. The van der Waals surface area contributed by atoms with Crippen molar-refractivity contribution in [3.8, 4) is 0 Å². The van der Waals surface area contributed by atoms with E-state index >= 15 is 0 Å². The Bertz CT molecular complexity index is 181. The normalized spacial score (nSPS) is 32.2. The summed E-state index contributed by atoms with van der Waals surface area (Å²) in [6, 6.07) is 0. The molecule has 2 heteroatoms. The third-order valence-electron chi connectivity index (χ3n) is 2.80. The van der Waals surface area contributed by atoms with E-state index in [9.17, 15) is 9.18 Å². The first-order valence-electron chi connectivity index (χ1n) is 4.58. The number of alkyl halides is 1. The molecular formula is C10H17FO. The number of hydrogen-bond donors (Lipinski definition) is 0. The van der Waals surface area contributed by atoms with Crippen molar-refractivity contribution in [2.24, 2.45) is 11.3 Å². The molecule has 0 aromatic carbocycles. The first-order chi connectivity index (χ1) is 5.41. The van der Waals surface area contributed by atoms with Gasteiger partial charge in [-0.2, -0.15) is 0 Å². The monoisotopic (exact) mass is 172 g/mol. The summed E-state index contributed by atoms with van der Waals surface area (Å²) in [5.74, 6) is 0.167. The van der Waals surface area contributed by atoms with Crippen molar-refractivity contribution in [2.45, 2.75) is 46.2 Å². The molecule has 1 aliphatic carbocycles. The fraction of sp³-hybridized carbons (Fsp3) is 0.900. The van der Waals surface area contributed by atoms with Crippen molar-refractivity contribution in [1.82, 2.24) is 0 Å². The van der Waals surface area contributed by atoms with Crippen LogP contribution in [0.5, 0.6) is 0 Å². The first kappa shape index (κ1) is 9.69. The molecule has 1 aliphatic rings. The quantitative estimate of drug-likeness (QED) is 0.549. The molecule has 0 N–H and O–H groups in total. The molecule has 0 aliphatic heterocycles. The second-order valence-electron chi connectivity index (χ2n) is 4.77. The van der Waals surface area contributed by atoms with E-state index in [1.807, 2.05) is 0 Å². The van der Waals surface area contributed by atoms with Crippen LogP contribution >= 0.6 is 0 Å². The summed E-state index contributed by atoms with van der Waals surface area (Å²) in [7, 11) is 0. The Morgan fingerprint density at radius 2 is 2.00 bits per heavy atom. The average Bonchev–Trinajstić information content (AvgIpc) is 1.92. The van der Waals surface area contributed by atoms with Crippen molar-refractivity contribution in [3.63, 3.8) is 0 Å². The van der Waals surface area contributed by atoms with Crippen LogP contribution in [0.3, 0.4) is 0 Å². The van der Waals surface area contributed by atoms with Gasteiger partial charge in [-0.3, -0.25) is 4.79 Å². The van der Waals surface area contributed by atoms with Gasteiger partial charge < -0.3 is 0 Å². The summed E-state index contributed by atoms with van der Waals surface area (Å²) < 4.78 is 13.0. The predicted molar refractivity (Wildman–Crippen MR) is 46.7 cm³/mol. The van der Waals surface area contributed by atoms with E-state index in [4.69, 9.17) is 0 Å². The standard InChI is InChI=1S/C10H17FO/c1-10(2,3)7-4-5-9(12)8(11)6-7/h7-8H,4-6H2,1-3H3/t7?,8-/m0/s1. The summed E-state index contributed by atoms with van der Waals surface area (Å²) in [6.45, 7) is 6.33. The van der Waals surface area contributed by atoms with Gasteiger partial charge in [0.2, 0.25) is 0 Å². The molecule has 1 saturated carbocycles. The van der Waals surface area contributed by atoms with Crippen molar-refractivity contribution in [3.05, 3.63) is 0 Å². The third-order valence-corrected chi connectivity index (χ3v) is 2.80. The summed E-state index contributed by atoms with van der Waals surface area (Å²) >= 11 is 0. The van der Waals surface area contributed by atoms with Crippen LogP contribution in [0, 0.1) is 11.3 Å². The van der Waals surface area contributed by atoms with Gasteiger partial charge in [-0.1, -0.05) is 20.8 Å². The second-order valence-corrected chi connectivity index (χ2v) is 4.77. The van der Waals surface area contributed by atoms with Crippen LogP contribution in [-0.2, 0) is 4.79 Å². The predicted octanol–water partition coefficient (Wildman–Crippen LogP) is 2.74. The fourth-order valence-corrected chi connectivity index (χ4v) is 1.76. The first-order valence-corrected chi connectivity index (χ1v) is 4.58. The van der Waals surface area contributed by atoms with Crippen molar-refractivity contribution in [2.75, 3.05) is 0 Å². The summed E-state index contributed by atoms with van der Waals surface area (Å²) in [5.41, 5.74) is 0.144. The van der Waals surface area contributed by atoms with E-state index in [0.717, 1.165) is 6.42 Å². The smallest absolute Gasteiger partial charge is 0.166 e. The number of halogens is 1. The van der Waals surface area contributed by atoms with Gasteiger partial charge in [-0.15, -0.1) is 0 Å². The van der Waals surface area contributed by atoms with Gasteiger partial charge in [0.1, 0.15) is 0 Å². The third kappa shape index (κ3) is 2.05. The molecular weight excluding hydrogens is 155 g/mol. The molecule has 0 aromatic heterocycles. The van der Waals surface area contributed by atoms with E-state index in [0.29, 0.717) is 18.8 Å². The minimum absolute atomic E-state index is 0.144. The van der Waals surface area contributed by atoms with Crippen LogP contribution in [0.2, 0.25) is 0 Å². The van der Waals surface area contributed by atoms with Gasteiger partial charge >= 0.3 is 0 Å². The Labute approximate surface area is 73.3 Å². The molecule has 0 heterocycles. The summed E-state index contributed by atoms with van der Waals surface area (Å²) in [6.07, 6.45) is 0.539. The van der Waals surface area contributed by atoms with Crippen LogP contribution in [0.1, 0.15) is 40.0 Å². The minimum Gasteiger partial charge on any atom is -0.296 e. The van der Waals surface area contributed by atoms with Crippen LogP contribution in [0.15, 0.2) is 0 Å². The molecule has 70 valence electrons. The number of rotatable bonds is 0. The van der Waals surface area contributed by atoms with Gasteiger partial charge in [0.05, 0.1) is 0 Å². The van der Waals surface area contributed by atoms with E-state index in [1.165, 1.54) is 0 Å². The zero-order chi connectivity index (χ0) is 9.35. The zero-order valence-corrected chi connectivity index (χ0v) is 8.06. The highest BCUT2D eigenvalue weighted by molar-refractivity contribution is 5.83. The van der Waals surface area contributed by atoms with Crippen LogP contribution in [0.4, 0.5) is 4.39 Å². The van der Waals surface area contributed by atoms with Crippen LogP contribution < -0.4 is 0 Å². The number of carbonyl (C=O) groups excluding carboxylic acids is 1. The number of carbonyl (C=O) groups is 1. The lowest BCUT2D eigenvalue weighted by Gasteiger charge is -2.34. The Morgan fingerprint density at radius 3 is 2.42 bits per heavy atom. The molecule has 2 atom stereocenters. The lowest BCUT2D eigenvalue weighted by Crippen LogP contribution is -2.32. The maximum atomic E-state index is 13.0. The van der Waals surface area contributed by atoms with E-state index in [-0.39, 0.29) is 11.2 Å². The van der Waals surface area contributed by atoms with Crippen LogP contribution in [0.25, 0.3) is 0 Å². The Balaban J connectivity index is 2.57. The number of hydrogen-bond acceptors (Lipinski definition) is 1. The lowest BCUT2D eigenvalue weighted by atomic mass is 9.71. The Kier molecular flexibility index (Phi) is 2.55. The molecule has 1 nitrogen and oxygen atoms in total. The van der Waals surface area contributed by atoms with Gasteiger partial charge in [-0.05, 0) is 24.2 Å². The van der Waals surface area contributed by atoms with E-state index < -0.39 is 6.17 Å². The Hall–Kier alpha value is -0.400. The summed E-state index contributed by atoms with van der Waals surface area (Å²) in [4.78, 5) is 10.9. The van der Waals surface area contributed by atoms with Crippen molar-refractivity contribution in [1.29, 1.82) is 0 Å². The molecule has 1 fully saturated rings. The van der Waals surface area contributed by atoms with E-state index in [2.05, 4.69) is 20.8 Å². The van der Waals surface area contributed by atoms with Crippen LogP contribution in [-0.4, -0.2) is 12.0 Å². The second kappa shape index (κ2) is 3.15. The maximum Gasteiger partial charge on any atom is 0.166 e.